The molecule has 2 fully saturated rings. The molecule has 1 aliphatic carbocycles. The molecule has 1 aliphatic heterocycles. The minimum absolute atomic E-state index is 0. The lowest BCUT2D eigenvalue weighted by atomic mass is 9.66. The maximum atomic E-state index is 11.1. The molecule has 0 bridgehead atoms. The van der Waals surface area contributed by atoms with E-state index >= 15 is 0 Å². The molecule has 1 saturated heterocycles. The van der Waals surface area contributed by atoms with Crippen molar-refractivity contribution in [1.29, 1.82) is 0 Å². The summed E-state index contributed by atoms with van der Waals surface area (Å²) in [5.41, 5.74) is 0.474. The lowest BCUT2D eigenvalue weighted by molar-refractivity contribution is -0.0863. The summed E-state index contributed by atoms with van der Waals surface area (Å²) in [7, 11) is 4.93. The van der Waals surface area contributed by atoms with E-state index in [1.807, 2.05) is 12.1 Å². The van der Waals surface area contributed by atoms with Crippen LogP contribution in [0.25, 0.3) is 0 Å². The fraction of sp³-hybridized carbons (Fsp3) is 0.667. The highest BCUT2D eigenvalue weighted by Crippen LogP contribution is 2.49. The van der Waals surface area contributed by atoms with Crippen LogP contribution in [0.3, 0.4) is 0 Å². The van der Waals surface area contributed by atoms with Gasteiger partial charge in [-0.2, -0.15) is 0 Å². The van der Waals surface area contributed by atoms with E-state index in [1.54, 1.807) is 21.3 Å². The standard InChI is InChI=1S/C18H27NO4.ClH/c1-21-14-11-16(23-3)15(22-2)10-12(14)17-13-6-4-5-7-18(13,20)8-9-19-17;/h10-11,13,17,19-20H,4-9H2,1-3H3;1H. The van der Waals surface area contributed by atoms with E-state index in [-0.39, 0.29) is 24.4 Å². The molecule has 0 spiro atoms. The van der Waals surface area contributed by atoms with E-state index in [0.29, 0.717) is 11.5 Å². The van der Waals surface area contributed by atoms with Crippen LogP contribution < -0.4 is 19.5 Å². The number of hydrogen-bond acceptors (Lipinski definition) is 5. The van der Waals surface area contributed by atoms with E-state index in [0.717, 1.165) is 43.5 Å². The Hall–Kier alpha value is -1.17. The van der Waals surface area contributed by atoms with Gasteiger partial charge in [0.2, 0.25) is 0 Å². The summed E-state index contributed by atoms with van der Waals surface area (Å²) in [6.07, 6.45) is 5.03. The van der Waals surface area contributed by atoms with Crippen molar-refractivity contribution >= 4 is 12.4 Å². The van der Waals surface area contributed by atoms with Crippen molar-refractivity contribution < 1.29 is 19.3 Å². The molecule has 2 aliphatic rings. The van der Waals surface area contributed by atoms with E-state index in [9.17, 15) is 5.11 Å². The van der Waals surface area contributed by atoms with Gasteiger partial charge in [0.15, 0.2) is 11.5 Å². The Morgan fingerprint density at radius 3 is 2.33 bits per heavy atom. The van der Waals surface area contributed by atoms with Gasteiger partial charge >= 0.3 is 0 Å². The van der Waals surface area contributed by atoms with Gasteiger partial charge in [0.05, 0.1) is 26.9 Å². The Kier molecular flexibility index (Phi) is 6.23. The molecule has 0 amide bonds. The third kappa shape index (κ3) is 3.30. The van der Waals surface area contributed by atoms with Crippen molar-refractivity contribution in [1.82, 2.24) is 5.32 Å². The Labute approximate surface area is 150 Å². The largest absolute Gasteiger partial charge is 0.496 e. The number of piperidine rings is 1. The van der Waals surface area contributed by atoms with Crippen LogP contribution in [0.2, 0.25) is 0 Å². The second-order valence-electron chi connectivity index (χ2n) is 6.59. The highest BCUT2D eigenvalue weighted by molar-refractivity contribution is 5.85. The number of benzene rings is 1. The molecule has 3 unspecified atom stereocenters. The lowest BCUT2D eigenvalue weighted by Crippen LogP contribution is -2.53. The summed E-state index contributed by atoms with van der Waals surface area (Å²) < 4.78 is 16.4. The number of halogens is 1. The lowest BCUT2D eigenvalue weighted by Gasteiger charge is -2.48. The van der Waals surface area contributed by atoms with Gasteiger partial charge in [-0.25, -0.2) is 0 Å². The fourth-order valence-electron chi connectivity index (χ4n) is 4.25. The van der Waals surface area contributed by atoms with Crippen molar-refractivity contribution in [3.63, 3.8) is 0 Å². The van der Waals surface area contributed by atoms with Gasteiger partial charge in [-0.05, 0) is 31.9 Å². The average Bonchev–Trinajstić information content (AvgIpc) is 2.59. The Morgan fingerprint density at radius 1 is 1.00 bits per heavy atom. The third-order valence-corrected chi connectivity index (χ3v) is 5.46. The van der Waals surface area contributed by atoms with Crippen molar-refractivity contribution in [2.24, 2.45) is 5.92 Å². The quantitative estimate of drug-likeness (QED) is 0.867. The van der Waals surface area contributed by atoms with Crippen LogP contribution in [0.5, 0.6) is 17.2 Å². The number of ether oxygens (including phenoxy) is 3. The van der Waals surface area contributed by atoms with Gasteiger partial charge < -0.3 is 24.6 Å². The third-order valence-electron chi connectivity index (χ3n) is 5.46. The van der Waals surface area contributed by atoms with Gasteiger partial charge in [-0.3, -0.25) is 0 Å². The van der Waals surface area contributed by atoms with Crippen LogP contribution in [0, 0.1) is 5.92 Å². The number of nitrogens with one attached hydrogen (secondary N) is 1. The molecule has 24 heavy (non-hydrogen) atoms. The predicted octanol–water partition coefficient (Wildman–Crippen LogP) is 3.09. The zero-order chi connectivity index (χ0) is 16.4. The molecule has 1 aromatic carbocycles. The van der Waals surface area contributed by atoms with Crippen molar-refractivity contribution in [2.75, 3.05) is 27.9 Å². The number of fused-ring (bicyclic) bond motifs is 1. The number of hydrogen-bond donors (Lipinski definition) is 2. The van der Waals surface area contributed by atoms with E-state index in [4.69, 9.17) is 14.2 Å². The molecule has 6 heteroatoms. The van der Waals surface area contributed by atoms with Crippen molar-refractivity contribution in [3.8, 4) is 17.2 Å². The van der Waals surface area contributed by atoms with Crippen LogP contribution in [-0.2, 0) is 0 Å². The molecule has 3 rings (SSSR count). The van der Waals surface area contributed by atoms with Crippen LogP contribution in [0.4, 0.5) is 0 Å². The summed E-state index contributed by atoms with van der Waals surface area (Å²) in [4.78, 5) is 0. The monoisotopic (exact) mass is 357 g/mol. The van der Waals surface area contributed by atoms with Gasteiger partial charge in [0.1, 0.15) is 5.75 Å². The molecule has 1 heterocycles. The first-order valence-corrected chi connectivity index (χ1v) is 8.38. The molecule has 5 nitrogen and oxygen atoms in total. The summed E-state index contributed by atoms with van der Waals surface area (Å²) in [5.74, 6) is 2.32. The first-order valence-electron chi connectivity index (χ1n) is 8.38. The number of methoxy groups -OCH3 is 3. The van der Waals surface area contributed by atoms with Crippen molar-refractivity contribution in [2.45, 2.75) is 43.7 Å². The van der Waals surface area contributed by atoms with Gasteiger partial charge in [-0.15, -0.1) is 12.4 Å². The zero-order valence-corrected chi connectivity index (χ0v) is 15.4. The van der Waals surface area contributed by atoms with Gasteiger partial charge in [-0.1, -0.05) is 12.8 Å². The van der Waals surface area contributed by atoms with E-state index in [1.165, 1.54) is 6.42 Å². The molecule has 1 saturated carbocycles. The summed E-state index contributed by atoms with van der Waals surface area (Å²) in [5, 5.41) is 14.7. The van der Waals surface area contributed by atoms with Gasteiger partial charge in [0, 0.05) is 23.6 Å². The normalized spacial score (nSPS) is 29.2. The maximum absolute atomic E-state index is 11.1. The number of rotatable bonds is 4. The summed E-state index contributed by atoms with van der Waals surface area (Å²) in [6.45, 7) is 0.815. The molecular weight excluding hydrogens is 330 g/mol. The van der Waals surface area contributed by atoms with Crippen molar-refractivity contribution in [3.05, 3.63) is 17.7 Å². The zero-order valence-electron chi connectivity index (χ0n) is 14.6. The first kappa shape index (κ1) is 19.2. The van der Waals surface area contributed by atoms with Crippen LogP contribution >= 0.6 is 12.4 Å². The summed E-state index contributed by atoms with van der Waals surface area (Å²) >= 11 is 0. The molecular formula is C18H28ClNO4. The molecule has 0 aromatic heterocycles. The maximum Gasteiger partial charge on any atom is 0.164 e. The number of aliphatic hydroxyl groups is 1. The molecule has 1 aromatic rings. The highest BCUT2D eigenvalue weighted by atomic mass is 35.5. The fourth-order valence-corrected chi connectivity index (χ4v) is 4.25. The smallest absolute Gasteiger partial charge is 0.164 e. The summed E-state index contributed by atoms with van der Waals surface area (Å²) in [6, 6.07) is 3.92. The highest BCUT2D eigenvalue weighted by Gasteiger charge is 2.46. The Morgan fingerprint density at radius 2 is 1.67 bits per heavy atom. The average molecular weight is 358 g/mol. The Balaban J connectivity index is 0.00000208. The van der Waals surface area contributed by atoms with Crippen LogP contribution in [0.1, 0.15) is 43.7 Å². The molecule has 0 radical (unpaired) electrons. The second-order valence-corrected chi connectivity index (χ2v) is 6.59. The van der Waals surface area contributed by atoms with Gasteiger partial charge in [0.25, 0.3) is 0 Å². The second kappa shape index (κ2) is 7.81. The first-order chi connectivity index (χ1) is 11.1. The Bertz CT molecular complexity index is 564. The van der Waals surface area contributed by atoms with Crippen LogP contribution in [0.15, 0.2) is 12.1 Å². The van der Waals surface area contributed by atoms with Crippen LogP contribution in [-0.4, -0.2) is 38.6 Å². The SMILES string of the molecule is COc1cc(OC)c(C2NCCC3(O)CCCCC23)cc1OC.Cl. The van der Waals surface area contributed by atoms with E-state index < -0.39 is 5.60 Å². The minimum atomic E-state index is -0.563. The molecule has 3 atom stereocenters. The topological polar surface area (TPSA) is 60.0 Å². The molecule has 2 N–H and O–H groups in total. The molecule has 136 valence electrons. The predicted molar refractivity (Wildman–Crippen MR) is 95.6 cm³/mol. The van der Waals surface area contributed by atoms with E-state index in [2.05, 4.69) is 5.32 Å². The minimum Gasteiger partial charge on any atom is -0.496 e.